The minimum absolute atomic E-state index is 0.0610. The lowest BCUT2D eigenvalue weighted by molar-refractivity contribution is -0.122. The minimum atomic E-state index is -0.0948. The van der Waals surface area contributed by atoms with Crippen LogP contribution in [0.4, 0.5) is 0 Å². The van der Waals surface area contributed by atoms with Gasteiger partial charge in [-0.25, -0.2) is 4.98 Å². The number of nitrogens with one attached hydrogen (secondary N) is 1. The Labute approximate surface area is 130 Å². The van der Waals surface area contributed by atoms with Gasteiger partial charge in [-0.1, -0.05) is 0 Å². The Morgan fingerprint density at radius 3 is 3.00 bits per heavy atom. The first-order valence-electron chi connectivity index (χ1n) is 6.48. The quantitative estimate of drug-likeness (QED) is 0.759. The third-order valence-corrected chi connectivity index (χ3v) is 4.59. The third kappa shape index (κ3) is 3.77. The van der Waals surface area contributed by atoms with Crippen molar-refractivity contribution in [1.82, 2.24) is 20.1 Å². The molecular weight excluding hydrogens is 304 g/mol. The zero-order chi connectivity index (χ0) is 14.5. The molecule has 0 radical (unpaired) electrons. The zero-order valence-electron chi connectivity index (χ0n) is 11.2. The molecule has 5 nitrogen and oxygen atoms in total. The maximum absolute atomic E-state index is 12.2. The highest BCUT2D eigenvalue weighted by atomic mass is 32.1. The number of carbonyl (C=O) groups excluding carboxylic acids is 1. The van der Waals surface area contributed by atoms with Crippen LogP contribution in [0.15, 0.2) is 46.9 Å². The lowest BCUT2D eigenvalue weighted by Gasteiger charge is -2.16. The predicted octanol–water partition coefficient (Wildman–Crippen LogP) is 2.50. The molecule has 0 fully saturated rings. The van der Waals surface area contributed by atoms with Crippen molar-refractivity contribution in [1.29, 1.82) is 0 Å². The van der Waals surface area contributed by atoms with Crippen molar-refractivity contribution in [2.75, 3.05) is 0 Å². The van der Waals surface area contributed by atoms with Gasteiger partial charge in [0.1, 0.15) is 11.6 Å². The average molecular weight is 318 g/mol. The molecular formula is C14H14N4OS2. The van der Waals surface area contributed by atoms with E-state index in [0.29, 0.717) is 0 Å². The van der Waals surface area contributed by atoms with E-state index in [4.69, 9.17) is 0 Å². The van der Waals surface area contributed by atoms with Crippen LogP contribution >= 0.6 is 22.7 Å². The Morgan fingerprint density at radius 2 is 2.33 bits per heavy atom. The number of rotatable bonds is 6. The van der Waals surface area contributed by atoms with Crippen LogP contribution in [0.1, 0.15) is 16.6 Å². The van der Waals surface area contributed by atoms with Gasteiger partial charge in [0.15, 0.2) is 0 Å². The molecule has 1 amide bonds. The van der Waals surface area contributed by atoms with Crippen molar-refractivity contribution in [3.63, 3.8) is 0 Å². The van der Waals surface area contributed by atoms with Gasteiger partial charge in [-0.15, -0.1) is 11.3 Å². The third-order valence-electron chi connectivity index (χ3n) is 2.97. The van der Waals surface area contributed by atoms with E-state index in [-0.39, 0.29) is 18.5 Å². The van der Waals surface area contributed by atoms with E-state index < -0.39 is 0 Å². The minimum Gasteiger partial charge on any atom is -0.345 e. The largest absolute Gasteiger partial charge is 0.345 e. The van der Waals surface area contributed by atoms with Crippen molar-refractivity contribution in [2.24, 2.45) is 0 Å². The fourth-order valence-electron chi connectivity index (χ4n) is 2.03. The van der Waals surface area contributed by atoms with Crippen LogP contribution < -0.4 is 5.32 Å². The van der Waals surface area contributed by atoms with Crippen LogP contribution in [0.25, 0.3) is 0 Å². The summed E-state index contributed by atoms with van der Waals surface area (Å²) in [6.07, 6.45) is 5.95. The number of hydrogen-bond donors (Lipinski definition) is 1. The molecule has 3 rings (SSSR count). The molecule has 3 aromatic rings. The predicted molar refractivity (Wildman–Crippen MR) is 83.2 cm³/mol. The smallest absolute Gasteiger partial charge is 0.242 e. The molecule has 0 aliphatic rings. The van der Waals surface area contributed by atoms with Crippen LogP contribution in [-0.2, 0) is 17.8 Å². The summed E-state index contributed by atoms with van der Waals surface area (Å²) >= 11 is 3.22. The number of thiazole rings is 1. The van der Waals surface area contributed by atoms with Gasteiger partial charge in [0.05, 0.1) is 6.04 Å². The van der Waals surface area contributed by atoms with Gasteiger partial charge in [0, 0.05) is 30.4 Å². The van der Waals surface area contributed by atoms with Crippen molar-refractivity contribution in [3.05, 3.63) is 57.4 Å². The second-order valence-corrected chi connectivity index (χ2v) is 6.24. The van der Waals surface area contributed by atoms with E-state index in [1.807, 2.05) is 10.8 Å². The SMILES string of the molecule is O=C(Cn1cccn1)NC(Cc1ccsc1)c1nccs1. The van der Waals surface area contributed by atoms with Gasteiger partial charge < -0.3 is 5.32 Å². The van der Waals surface area contributed by atoms with Crippen molar-refractivity contribution < 1.29 is 4.79 Å². The van der Waals surface area contributed by atoms with Crippen LogP contribution in [0.5, 0.6) is 0 Å². The number of aromatic nitrogens is 3. The van der Waals surface area contributed by atoms with E-state index in [1.54, 1.807) is 52.0 Å². The maximum Gasteiger partial charge on any atom is 0.242 e. The first kappa shape index (κ1) is 14.0. The van der Waals surface area contributed by atoms with Gasteiger partial charge >= 0.3 is 0 Å². The van der Waals surface area contributed by atoms with E-state index in [1.165, 1.54) is 5.56 Å². The van der Waals surface area contributed by atoms with Crippen LogP contribution in [0.3, 0.4) is 0 Å². The number of nitrogens with zero attached hydrogens (tertiary/aromatic N) is 3. The summed E-state index contributed by atoms with van der Waals surface area (Å²) in [4.78, 5) is 16.5. The van der Waals surface area contributed by atoms with Crippen molar-refractivity contribution in [3.8, 4) is 0 Å². The van der Waals surface area contributed by atoms with Crippen molar-refractivity contribution in [2.45, 2.75) is 19.0 Å². The second kappa shape index (κ2) is 6.64. The van der Waals surface area contributed by atoms with Gasteiger partial charge in [0.2, 0.25) is 5.91 Å². The monoisotopic (exact) mass is 318 g/mol. The first-order valence-corrected chi connectivity index (χ1v) is 8.31. The standard InChI is InChI=1S/C14H14N4OS2/c19-13(9-18-5-1-3-16-18)17-12(14-15-4-7-21-14)8-11-2-6-20-10-11/h1-7,10,12H,8-9H2,(H,17,19). The second-order valence-electron chi connectivity index (χ2n) is 4.53. The summed E-state index contributed by atoms with van der Waals surface area (Å²) in [5.74, 6) is -0.0610. The Bertz CT molecular complexity index is 662. The van der Waals surface area contributed by atoms with Gasteiger partial charge in [-0.3, -0.25) is 9.48 Å². The fraction of sp³-hybridized carbons (Fsp3) is 0.214. The van der Waals surface area contributed by atoms with E-state index in [2.05, 4.69) is 26.8 Å². The summed E-state index contributed by atoms with van der Waals surface area (Å²) in [6.45, 7) is 0.221. The van der Waals surface area contributed by atoms with Gasteiger partial charge in [-0.2, -0.15) is 16.4 Å². The molecule has 1 N–H and O–H groups in total. The molecule has 1 unspecified atom stereocenters. The van der Waals surface area contributed by atoms with Crippen molar-refractivity contribution >= 4 is 28.6 Å². The zero-order valence-corrected chi connectivity index (χ0v) is 12.8. The fourth-order valence-corrected chi connectivity index (χ4v) is 3.40. The Hall–Kier alpha value is -1.99. The molecule has 0 spiro atoms. The average Bonchev–Trinajstić information content (AvgIpc) is 3.22. The molecule has 0 aromatic carbocycles. The number of amides is 1. The molecule has 0 saturated carbocycles. The lowest BCUT2D eigenvalue weighted by atomic mass is 10.1. The number of hydrogen-bond acceptors (Lipinski definition) is 5. The van der Waals surface area contributed by atoms with E-state index in [0.717, 1.165) is 11.4 Å². The Balaban J connectivity index is 1.68. The normalized spacial score (nSPS) is 12.2. The Morgan fingerprint density at radius 1 is 1.38 bits per heavy atom. The number of thiophene rings is 1. The van der Waals surface area contributed by atoms with Crippen LogP contribution in [0, 0.1) is 0 Å². The molecule has 7 heteroatoms. The summed E-state index contributed by atoms with van der Waals surface area (Å²) in [7, 11) is 0. The Kier molecular flexibility index (Phi) is 4.42. The molecule has 0 saturated heterocycles. The molecule has 0 aliphatic heterocycles. The summed E-state index contributed by atoms with van der Waals surface area (Å²) in [6, 6.07) is 3.78. The molecule has 3 aromatic heterocycles. The summed E-state index contributed by atoms with van der Waals surface area (Å²) < 4.78 is 1.61. The molecule has 3 heterocycles. The van der Waals surface area contributed by atoms with Gasteiger partial charge in [-0.05, 0) is 28.5 Å². The van der Waals surface area contributed by atoms with E-state index >= 15 is 0 Å². The lowest BCUT2D eigenvalue weighted by Crippen LogP contribution is -2.32. The summed E-state index contributed by atoms with van der Waals surface area (Å²) in [5.41, 5.74) is 1.21. The first-order chi connectivity index (χ1) is 10.3. The maximum atomic E-state index is 12.2. The molecule has 0 bridgehead atoms. The molecule has 0 aliphatic carbocycles. The van der Waals surface area contributed by atoms with Gasteiger partial charge in [0.25, 0.3) is 0 Å². The van der Waals surface area contributed by atoms with E-state index in [9.17, 15) is 4.79 Å². The van der Waals surface area contributed by atoms with Crippen LogP contribution in [-0.4, -0.2) is 20.7 Å². The molecule has 108 valence electrons. The van der Waals surface area contributed by atoms with Crippen LogP contribution in [0.2, 0.25) is 0 Å². The highest BCUT2D eigenvalue weighted by Gasteiger charge is 2.18. The highest BCUT2D eigenvalue weighted by molar-refractivity contribution is 7.09. The topological polar surface area (TPSA) is 59.8 Å². The molecule has 1 atom stereocenters. The summed E-state index contributed by atoms with van der Waals surface area (Å²) in [5, 5.41) is 14.1. The number of carbonyl (C=O) groups is 1. The molecule has 21 heavy (non-hydrogen) atoms. The highest BCUT2D eigenvalue weighted by Crippen LogP contribution is 2.21.